The fourth-order valence-corrected chi connectivity index (χ4v) is 2.00. The zero-order valence-electron chi connectivity index (χ0n) is 11.9. The van der Waals surface area contributed by atoms with E-state index < -0.39 is 0 Å². The third-order valence-corrected chi connectivity index (χ3v) is 2.82. The second kappa shape index (κ2) is 5.83. The van der Waals surface area contributed by atoms with Gasteiger partial charge in [0, 0.05) is 13.6 Å². The Balaban J connectivity index is 2.33. The van der Waals surface area contributed by atoms with Crippen molar-refractivity contribution in [2.24, 2.45) is 12.8 Å². The largest absolute Gasteiger partial charge is 0.370 e. The van der Waals surface area contributed by atoms with Crippen LogP contribution in [0.2, 0.25) is 0 Å². The lowest BCUT2D eigenvalue weighted by molar-refractivity contribution is -0.118. The first-order valence-electron chi connectivity index (χ1n) is 6.40. The van der Waals surface area contributed by atoms with Crippen molar-refractivity contribution >= 4 is 22.8 Å². The molecular formula is C12H19N7O. The maximum atomic E-state index is 10.9. The van der Waals surface area contributed by atoms with Crippen LogP contribution >= 0.6 is 0 Å². The smallest absolute Gasteiger partial charge is 0.231 e. The number of amides is 1. The third kappa shape index (κ3) is 3.02. The van der Waals surface area contributed by atoms with E-state index in [-0.39, 0.29) is 12.5 Å². The molecule has 0 unspecified atom stereocenters. The summed E-state index contributed by atoms with van der Waals surface area (Å²) < 4.78 is 1.70. The molecule has 8 nitrogen and oxygen atoms in total. The number of nitrogens with one attached hydrogen (secondary N) is 1. The molecule has 2 aromatic rings. The van der Waals surface area contributed by atoms with Gasteiger partial charge >= 0.3 is 0 Å². The number of nitrogens with zero attached hydrogens (tertiary/aromatic N) is 5. The molecule has 0 aliphatic carbocycles. The lowest BCUT2D eigenvalue weighted by Gasteiger charge is -2.14. The number of rotatable bonds is 6. The van der Waals surface area contributed by atoms with Crippen LogP contribution in [-0.2, 0) is 18.4 Å². The minimum atomic E-state index is -0.374. The summed E-state index contributed by atoms with van der Waals surface area (Å²) in [6.07, 6.45) is 1.74. The quantitative estimate of drug-likeness (QED) is 0.752. The van der Waals surface area contributed by atoms with Gasteiger partial charge in [0.15, 0.2) is 5.65 Å². The Labute approximate surface area is 117 Å². The minimum Gasteiger partial charge on any atom is -0.370 e. The molecule has 2 rings (SSSR count). The molecule has 1 amide bonds. The van der Waals surface area contributed by atoms with Gasteiger partial charge in [0.1, 0.15) is 11.6 Å². The van der Waals surface area contributed by atoms with E-state index in [0.29, 0.717) is 12.4 Å². The predicted octanol–water partition coefficient (Wildman–Crippen LogP) is -0.288. The van der Waals surface area contributed by atoms with Gasteiger partial charge in [-0.05, 0) is 14.0 Å². The zero-order valence-corrected chi connectivity index (χ0v) is 11.9. The van der Waals surface area contributed by atoms with E-state index in [1.165, 1.54) is 0 Å². The van der Waals surface area contributed by atoms with Gasteiger partial charge in [0.25, 0.3) is 0 Å². The van der Waals surface area contributed by atoms with Crippen LogP contribution in [0.3, 0.4) is 0 Å². The second-order valence-electron chi connectivity index (χ2n) is 4.66. The first-order chi connectivity index (χ1) is 9.51. The Bertz CT molecular complexity index is 622. The summed E-state index contributed by atoms with van der Waals surface area (Å²) in [6.45, 7) is 3.38. The summed E-state index contributed by atoms with van der Waals surface area (Å²) in [4.78, 5) is 21.6. The number of likely N-dealkylation sites (N-methyl/N-ethyl adjacent to an activating group) is 1. The number of aryl methyl sites for hydroxylation is 1. The molecule has 0 aliphatic rings. The number of nitrogens with two attached hydrogens (primary N) is 1. The van der Waals surface area contributed by atoms with Gasteiger partial charge < -0.3 is 11.1 Å². The van der Waals surface area contributed by atoms with Crippen LogP contribution in [0.25, 0.3) is 11.0 Å². The fraction of sp³-hybridized carbons (Fsp3) is 0.500. The molecule has 20 heavy (non-hydrogen) atoms. The molecule has 0 aromatic carbocycles. The van der Waals surface area contributed by atoms with Crippen molar-refractivity contribution in [3.05, 3.63) is 12.0 Å². The van der Waals surface area contributed by atoms with Crippen molar-refractivity contribution in [1.29, 1.82) is 0 Å². The van der Waals surface area contributed by atoms with Crippen molar-refractivity contribution < 1.29 is 4.79 Å². The van der Waals surface area contributed by atoms with Gasteiger partial charge in [-0.15, -0.1) is 0 Å². The molecule has 2 aromatic heterocycles. The molecule has 0 fully saturated rings. The average Bonchev–Trinajstić information content (AvgIpc) is 2.71. The van der Waals surface area contributed by atoms with Crippen molar-refractivity contribution in [1.82, 2.24) is 24.6 Å². The number of anilines is 1. The Morgan fingerprint density at radius 2 is 2.25 bits per heavy atom. The van der Waals surface area contributed by atoms with Gasteiger partial charge in [0.05, 0.1) is 24.7 Å². The number of aromatic nitrogens is 4. The Morgan fingerprint density at radius 3 is 2.90 bits per heavy atom. The van der Waals surface area contributed by atoms with Crippen molar-refractivity contribution in [2.45, 2.75) is 13.5 Å². The van der Waals surface area contributed by atoms with E-state index in [9.17, 15) is 4.79 Å². The molecule has 0 spiro atoms. The predicted molar refractivity (Wildman–Crippen MR) is 76.0 cm³/mol. The molecule has 0 bridgehead atoms. The summed E-state index contributed by atoms with van der Waals surface area (Å²) in [7, 11) is 3.64. The molecule has 8 heteroatoms. The number of hydrogen-bond donors (Lipinski definition) is 2. The molecule has 0 radical (unpaired) electrons. The number of carbonyl (C=O) groups is 1. The normalized spacial score (nSPS) is 11.2. The van der Waals surface area contributed by atoms with Crippen LogP contribution in [-0.4, -0.2) is 50.7 Å². The molecule has 3 N–H and O–H groups in total. The number of hydrogen-bond acceptors (Lipinski definition) is 6. The highest BCUT2D eigenvalue weighted by Gasteiger charge is 2.13. The standard InChI is InChI=1S/C12H19N7O/c1-4-14-11-8-5-15-19(3)12(8)17-10(16-11)7-18(2)6-9(13)20/h5H,4,6-7H2,1-3H3,(H2,13,20)(H,14,16,17). The Kier molecular flexibility index (Phi) is 4.14. The van der Waals surface area contributed by atoms with Crippen molar-refractivity contribution in [3.63, 3.8) is 0 Å². The lowest BCUT2D eigenvalue weighted by atomic mass is 10.3. The van der Waals surface area contributed by atoms with Crippen LogP contribution in [0.5, 0.6) is 0 Å². The summed E-state index contributed by atoms with van der Waals surface area (Å²) >= 11 is 0. The van der Waals surface area contributed by atoms with Gasteiger partial charge in [-0.1, -0.05) is 0 Å². The monoisotopic (exact) mass is 277 g/mol. The van der Waals surface area contributed by atoms with Gasteiger partial charge in [-0.25, -0.2) is 9.97 Å². The Hall–Kier alpha value is -2.22. The van der Waals surface area contributed by atoms with E-state index in [0.717, 1.165) is 23.4 Å². The number of carbonyl (C=O) groups excluding carboxylic acids is 1. The van der Waals surface area contributed by atoms with Crippen LogP contribution in [0.4, 0.5) is 5.82 Å². The fourth-order valence-electron chi connectivity index (χ4n) is 2.00. The summed E-state index contributed by atoms with van der Waals surface area (Å²) in [5.41, 5.74) is 5.94. The van der Waals surface area contributed by atoms with Crippen molar-refractivity contribution in [3.8, 4) is 0 Å². The van der Waals surface area contributed by atoms with E-state index in [1.807, 2.05) is 14.0 Å². The minimum absolute atomic E-state index is 0.170. The molecule has 0 saturated heterocycles. The second-order valence-corrected chi connectivity index (χ2v) is 4.66. The van der Waals surface area contributed by atoms with Gasteiger partial charge in [0.2, 0.25) is 5.91 Å². The van der Waals surface area contributed by atoms with E-state index in [4.69, 9.17) is 5.73 Å². The maximum Gasteiger partial charge on any atom is 0.231 e. The zero-order chi connectivity index (χ0) is 14.7. The Morgan fingerprint density at radius 1 is 1.50 bits per heavy atom. The topological polar surface area (TPSA) is 102 Å². The van der Waals surface area contributed by atoms with Crippen molar-refractivity contribution in [2.75, 3.05) is 25.5 Å². The highest BCUT2D eigenvalue weighted by atomic mass is 16.1. The molecular weight excluding hydrogens is 258 g/mol. The highest BCUT2D eigenvalue weighted by Crippen LogP contribution is 2.19. The van der Waals surface area contributed by atoms with E-state index in [1.54, 1.807) is 22.8 Å². The lowest BCUT2D eigenvalue weighted by Crippen LogP contribution is -2.30. The van der Waals surface area contributed by atoms with Crippen LogP contribution in [0, 0.1) is 0 Å². The summed E-state index contributed by atoms with van der Waals surface area (Å²) in [5.74, 6) is 1.01. The first-order valence-corrected chi connectivity index (χ1v) is 6.40. The summed E-state index contributed by atoms with van der Waals surface area (Å²) in [5, 5.41) is 8.28. The van der Waals surface area contributed by atoms with Crippen LogP contribution in [0.15, 0.2) is 6.20 Å². The van der Waals surface area contributed by atoms with Crippen LogP contribution < -0.4 is 11.1 Å². The van der Waals surface area contributed by atoms with E-state index in [2.05, 4.69) is 20.4 Å². The highest BCUT2D eigenvalue weighted by molar-refractivity contribution is 5.86. The average molecular weight is 277 g/mol. The molecule has 0 atom stereocenters. The summed E-state index contributed by atoms with van der Waals surface area (Å²) in [6, 6.07) is 0. The number of fused-ring (bicyclic) bond motifs is 1. The van der Waals surface area contributed by atoms with Gasteiger partial charge in [-0.3, -0.25) is 14.4 Å². The SMILES string of the molecule is CCNc1nc(CN(C)CC(N)=O)nc2c1cnn2C. The van der Waals surface area contributed by atoms with Crippen LogP contribution in [0.1, 0.15) is 12.7 Å². The van der Waals surface area contributed by atoms with Gasteiger partial charge in [-0.2, -0.15) is 5.10 Å². The molecule has 2 heterocycles. The maximum absolute atomic E-state index is 10.9. The third-order valence-electron chi connectivity index (χ3n) is 2.82. The molecule has 0 saturated carbocycles. The number of primary amides is 1. The molecule has 108 valence electrons. The van der Waals surface area contributed by atoms with E-state index >= 15 is 0 Å². The molecule has 0 aliphatic heterocycles. The first kappa shape index (κ1) is 14.2.